The molecule has 2 N–H and O–H groups in total. The van der Waals surface area contributed by atoms with E-state index in [9.17, 15) is 4.79 Å². The van der Waals surface area contributed by atoms with Crippen LogP contribution in [-0.2, 0) is 4.74 Å². The molecule has 134 valence electrons. The number of anilines is 1. The normalized spacial score (nSPS) is 21.0. The van der Waals surface area contributed by atoms with Crippen molar-refractivity contribution in [1.82, 2.24) is 15.3 Å². The Hall–Kier alpha value is -2.12. The summed E-state index contributed by atoms with van der Waals surface area (Å²) in [6.45, 7) is 4.62. The van der Waals surface area contributed by atoms with Gasteiger partial charge in [-0.1, -0.05) is 0 Å². The third-order valence-corrected chi connectivity index (χ3v) is 4.95. The number of benzene rings is 1. The van der Waals surface area contributed by atoms with Crippen LogP contribution < -0.4 is 20.5 Å². The quantitative estimate of drug-likeness (QED) is 0.851. The van der Waals surface area contributed by atoms with E-state index >= 15 is 0 Å². The van der Waals surface area contributed by atoms with Crippen LogP contribution in [0.15, 0.2) is 23.3 Å². The van der Waals surface area contributed by atoms with Crippen LogP contribution in [-0.4, -0.2) is 55.5 Å². The van der Waals surface area contributed by atoms with E-state index in [1.807, 2.05) is 12.1 Å². The lowest BCUT2D eigenvalue weighted by Crippen LogP contribution is -2.37. The van der Waals surface area contributed by atoms with Crippen molar-refractivity contribution in [1.29, 1.82) is 0 Å². The van der Waals surface area contributed by atoms with Crippen LogP contribution in [0.3, 0.4) is 0 Å². The van der Waals surface area contributed by atoms with E-state index < -0.39 is 0 Å². The van der Waals surface area contributed by atoms with E-state index in [4.69, 9.17) is 9.47 Å². The van der Waals surface area contributed by atoms with Crippen LogP contribution in [0, 0.1) is 0 Å². The molecule has 2 aliphatic heterocycles. The molecule has 3 heterocycles. The fourth-order valence-electron chi connectivity index (χ4n) is 3.61. The van der Waals surface area contributed by atoms with Gasteiger partial charge in [-0.05, 0) is 25.8 Å². The average molecular weight is 344 g/mol. The van der Waals surface area contributed by atoms with E-state index in [1.165, 1.54) is 19.2 Å². The Morgan fingerprint density at radius 1 is 1.32 bits per heavy atom. The number of ether oxygens (including phenoxy) is 2. The highest BCUT2D eigenvalue weighted by molar-refractivity contribution is 5.92. The summed E-state index contributed by atoms with van der Waals surface area (Å²) in [5, 5.41) is 4.10. The summed E-state index contributed by atoms with van der Waals surface area (Å²) in [6.07, 6.45) is 4.90. The zero-order valence-electron chi connectivity index (χ0n) is 14.3. The smallest absolute Gasteiger partial charge is 0.260 e. The SMILES string of the molecule is O=c1[nH]cnc2cc(OCCC3CCCN3)cc(N3CCOCC3)c12. The van der Waals surface area contributed by atoms with Gasteiger partial charge in [-0.2, -0.15) is 0 Å². The van der Waals surface area contributed by atoms with E-state index in [2.05, 4.69) is 20.2 Å². The van der Waals surface area contributed by atoms with E-state index in [0.29, 0.717) is 36.8 Å². The predicted octanol–water partition coefficient (Wildman–Crippen LogP) is 1.28. The van der Waals surface area contributed by atoms with Crippen molar-refractivity contribution in [3.63, 3.8) is 0 Å². The van der Waals surface area contributed by atoms with Gasteiger partial charge in [0.15, 0.2) is 0 Å². The van der Waals surface area contributed by atoms with E-state index in [0.717, 1.165) is 37.5 Å². The number of nitrogens with zero attached hydrogens (tertiary/aromatic N) is 2. The van der Waals surface area contributed by atoms with Gasteiger partial charge in [0.1, 0.15) is 5.75 Å². The predicted molar refractivity (Wildman–Crippen MR) is 96.5 cm³/mol. The third-order valence-electron chi connectivity index (χ3n) is 4.95. The molecule has 2 fully saturated rings. The van der Waals surface area contributed by atoms with Gasteiger partial charge in [0.2, 0.25) is 0 Å². The van der Waals surface area contributed by atoms with Crippen LogP contribution in [0.5, 0.6) is 5.75 Å². The number of morpholine rings is 1. The lowest BCUT2D eigenvalue weighted by atomic mass is 10.1. The molecule has 4 rings (SSSR count). The second kappa shape index (κ2) is 7.41. The van der Waals surface area contributed by atoms with Gasteiger partial charge in [0.25, 0.3) is 5.56 Å². The van der Waals surface area contributed by atoms with E-state index in [1.54, 1.807) is 0 Å². The summed E-state index contributed by atoms with van der Waals surface area (Å²) in [7, 11) is 0. The number of rotatable bonds is 5. The molecule has 25 heavy (non-hydrogen) atoms. The molecule has 2 saturated heterocycles. The van der Waals surface area contributed by atoms with Gasteiger partial charge in [-0.3, -0.25) is 4.79 Å². The minimum absolute atomic E-state index is 0.117. The van der Waals surface area contributed by atoms with Gasteiger partial charge >= 0.3 is 0 Å². The second-order valence-electron chi connectivity index (χ2n) is 6.60. The number of H-pyrrole nitrogens is 1. The maximum atomic E-state index is 12.3. The topological polar surface area (TPSA) is 79.5 Å². The van der Waals surface area contributed by atoms with Crippen molar-refractivity contribution < 1.29 is 9.47 Å². The number of nitrogens with one attached hydrogen (secondary N) is 2. The number of hydrogen-bond donors (Lipinski definition) is 2. The molecule has 0 aliphatic carbocycles. The maximum absolute atomic E-state index is 12.3. The largest absolute Gasteiger partial charge is 0.493 e. The van der Waals surface area contributed by atoms with Crippen LogP contribution in [0.25, 0.3) is 10.9 Å². The number of aromatic amines is 1. The zero-order valence-corrected chi connectivity index (χ0v) is 14.3. The Labute approximate surface area is 146 Å². The first-order valence-corrected chi connectivity index (χ1v) is 9.01. The van der Waals surface area contributed by atoms with Crippen LogP contribution in [0.1, 0.15) is 19.3 Å². The molecule has 7 heteroatoms. The van der Waals surface area contributed by atoms with Crippen molar-refractivity contribution in [3.8, 4) is 5.75 Å². The molecule has 2 aromatic rings. The number of aromatic nitrogens is 2. The first kappa shape index (κ1) is 16.4. The van der Waals surface area contributed by atoms with Crippen molar-refractivity contribution in [3.05, 3.63) is 28.8 Å². The Morgan fingerprint density at radius 2 is 2.20 bits per heavy atom. The van der Waals surface area contributed by atoms with E-state index in [-0.39, 0.29) is 5.56 Å². The minimum Gasteiger partial charge on any atom is -0.493 e. The molecule has 0 bridgehead atoms. The Bertz CT molecular complexity index is 779. The summed E-state index contributed by atoms with van der Waals surface area (Å²) in [6, 6.07) is 4.38. The first-order chi connectivity index (χ1) is 12.3. The van der Waals surface area contributed by atoms with Gasteiger partial charge in [0, 0.05) is 31.3 Å². The molecule has 7 nitrogen and oxygen atoms in total. The highest BCUT2D eigenvalue weighted by Crippen LogP contribution is 2.29. The zero-order chi connectivity index (χ0) is 17.1. The Kier molecular flexibility index (Phi) is 4.85. The Balaban J connectivity index is 1.59. The van der Waals surface area contributed by atoms with Gasteiger partial charge < -0.3 is 24.7 Å². The molecule has 0 radical (unpaired) electrons. The number of hydrogen-bond acceptors (Lipinski definition) is 6. The monoisotopic (exact) mass is 344 g/mol. The van der Waals surface area contributed by atoms with Crippen LogP contribution in [0.4, 0.5) is 5.69 Å². The summed E-state index contributed by atoms with van der Waals surface area (Å²) < 4.78 is 11.4. The van der Waals surface area contributed by atoms with Gasteiger partial charge in [-0.25, -0.2) is 4.98 Å². The summed E-state index contributed by atoms with van der Waals surface area (Å²) in [4.78, 5) is 21.5. The summed E-state index contributed by atoms with van der Waals surface area (Å²) >= 11 is 0. The molecule has 1 unspecified atom stereocenters. The highest BCUT2D eigenvalue weighted by Gasteiger charge is 2.18. The molecular weight excluding hydrogens is 320 g/mol. The minimum atomic E-state index is -0.117. The first-order valence-electron chi connectivity index (χ1n) is 9.01. The van der Waals surface area contributed by atoms with Crippen molar-refractivity contribution in [2.24, 2.45) is 0 Å². The van der Waals surface area contributed by atoms with Crippen LogP contribution in [0.2, 0.25) is 0 Å². The van der Waals surface area contributed by atoms with Crippen molar-refractivity contribution in [2.45, 2.75) is 25.3 Å². The molecule has 0 spiro atoms. The average Bonchev–Trinajstić information content (AvgIpc) is 3.15. The molecule has 1 aromatic carbocycles. The lowest BCUT2D eigenvalue weighted by Gasteiger charge is -2.29. The standard InChI is InChI=1S/C18H24N4O3/c23-18-17-15(20-12-21-18)10-14(25-7-3-13-2-1-4-19-13)11-16(17)22-5-8-24-9-6-22/h10-13,19H,1-9H2,(H,20,21,23). The number of fused-ring (bicyclic) bond motifs is 1. The van der Waals surface area contributed by atoms with Crippen LogP contribution >= 0.6 is 0 Å². The van der Waals surface area contributed by atoms with Crippen molar-refractivity contribution >= 4 is 16.6 Å². The van der Waals surface area contributed by atoms with Gasteiger partial charge in [-0.15, -0.1) is 0 Å². The highest BCUT2D eigenvalue weighted by atomic mass is 16.5. The maximum Gasteiger partial charge on any atom is 0.260 e. The Morgan fingerprint density at radius 3 is 3.00 bits per heavy atom. The summed E-state index contributed by atoms with van der Waals surface area (Å²) in [5.41, 5.74) is 1.43. The fourth-order valence-corrected chi connectivity index (χ4v) is 3.61. The molecule has 0 saturated carbocycles. The van der Waals surface area contributed by atoms with Gasteiger partial charge in [0.05, 0.1) is 42.7 Å². The molecule has 1 aromatic heterocycles. The lowest BCUT2D eigenvalue weighted by molar-refractivity contribution is 0.123. The molecule has 0 amide bonds. The molecular formula is C18H24N4O3. The van der Waals surface area contributed by atoms with Crippen molar-refractivity contribution in [2.75, 3.05) is 44.4 Å². The molecule has 1 atom stereocenters. The second-order valence-corrected chi connectivity index (χ2v) is 6.60. The molecule has 2 aliphatic rings. The summed E-state index contributed by atoms with van der Waals surface area (Å²) in [5.74, 6) is 0.769. The fraction of sp³-hybridized carbons (Fsp3) is 0.556. The third kappa shape index (κ3) is 3.62.